The maximum Gasteiger partial charge on any atom is 0.238 e. The third-order valence-electron chi connectivity index (χ3n) is 3.00. The largest absolute Gasteiger partial charge is 0.238 e. The number of hydrogen-bond donors (Lipinski definition) is 0. The Morgan fingerprint density at radius 1 is 1.00 bits per heavy atom. The van der Waals surface area contributed by atoms with Gasteiger partial charge in [0.15, 0.2) is 7.05 Å². The Balaban J connectivity index is 0.000000347. The highest BCUT2D eigenvalue weighted by Crippen LogP contribution is 2.17. The lowest BCUT2D eigenvalue weighted by atomic mass is 10.1. The fraction of sp³-hybridized carbons (Fsp3) is 0.308. The van der Waals surface area contributed by atoms with Crippen LogP contribution in [0.4, 0.5) is 0 Å². The van der Waals surface area contributed by atoms with Crippen molar-refractivity contribution in [3.05, 3.63) is 41.6 Å². The van der Waals surface area contributed by atoms with Crippen molar-refractivity contribution in [3.63, 3.8) is 0 Å². The Bertz CT molecular complexity index is 567. The van der Waals surface area contributed by atoms with Gasteiger partial charge in [-0.1, -0.05) is 17.7 Å². The molecular weight excluding hydrogens is 284 g/mol. The molecule has 0 unspecified atom stereocenters. The molecular formula is C13H17ClN2O4. The van der Waals surface area contributed by atoms with Crippen LogP contribution in [0.1, 0.15) is 11.3 Å². The highest BCUT2D eigenvalue weighted by atomic mass is 35.7. The minimum absolute atomic E-state index is 1.26. The van der Waals surface area contributed by atoms with Gasteiger partial charge in [0.1, 0.15) is 0 Å². The van der Waals surface area contributed by atoms with Crippen LogP contribution in [0.3, 0.4) is 0 Å². The maximum absolute atomic E-state index is 8.49. The summed E-state index contributed by atoms with van der Waals surface area (Å²) < 4.78 is 38.3. The Morgan fingerprint density at radius 2 is 1.45 bits per heavy atom. The number of benzene rings is 1. The van der Waals surface area contributed by atoms with Gasteiger partial charge in [0.2, 0.25) is 5.69 Å². The first-order valence-electron chi connectivity index (χ1n) is 5.81. The van der Waals surface area contributed by atoms with Gasteiger partial charge in [-0.05, 0) is 26.0 Å². The summed E-state index contributed by atoms with van der Waals surface area (Å²) in [7, 11) is -0.783. The summed E-state index contributed by atoms with van der Waals surface area (Å²) >= 11 is 0. The normalized spacial score (nSPS) is 11.0. The van der Waals surface area contributed by atoms with Crippen molar-refractivity contribution in [2.24, 2.45) is 14.1 Å². The second kappa shape index (κ2) is 6.34. The third kappa shape index (κ3) is 4.92. The maximum atomic E-state index is 8.49. The Morgan fingerprint density at radius 3 is 1.80 bits per heavy atom. The molecule has 20 heavy (non-hydrogen) atoms. The standard InChI is InChI=1S/C13H17N2.ClHO4/c1-10-5-7-12(8-6-10)13-9-11(2)14(3)15(13)4;2-1(3,4)5/h5-9H,1-4H3;(H,2,3,4,5)/q+1;/p-1. The molecule has 1 aromatic carbocycles. The molecule has 0 fully saturated rings. The van der Waals surface area contributed by atoms with Gasteiger partial charge < -0.3 is 0 Å². The first kappa shape index (κ1) is 16.6. The lowest BCUT2D eigenvalue weighted by Gasteiger charge is -2.17. The lowest BCUT2D eigenvalue weighted by Crippen LogP contribution is -2.68. The van der Waals surface area contributed by atoms with Crippen LogP contribution in [0.15, 0.2) is 30.3 Å². The molecule has 0 spiro atoms. The van der Waals surface area contributed by atoms with E-state index in [-0.39, 0.29) is 0 Å². The zero-order valence-corrected chi connectivity index (χ0v) is 12.5. The van der Waals surface area contributed by atoms with E-state index >= 15 is 0 Å². The second-order valence-electron chi connectivity index (χ2n) is 4.46. The first-order chi connectivity index (χ1) is 9.09. The zero-order valence-electron chi connectivity index (χ0n) is 11.8. The van der Waals surface area contributed by atoms with Gasteiger partial charge in [0.25, 0.3) is 0 Å². The van der Waals surface area contributed by atoms with Crippen LogP contribution in [-0.2, 0) is 14.1 Å². The number of rotatable bonds is 1. The Labute approximate surface area is 119 Å². The quantitative estimate of drug-likeness (QED) is 0.538. The summed E-state index contributed by atoms with van der Waals surface area (Å²) in [5.74, 6) is 0. The molecule has 2 aromatic rings. The van der Waals surface area contributed by atoms with Crippen LogP contribution < -0.4 is 23.3 Å². The average molecular weight is 301 g/mol. The van der Waals surface area contributed by atoms with E-state index in [4.69, 9.17) is 18.6 Å². The summed E-state index contributed by atoms with van der Waals surface area (Å²) in [4.78, 5) is 0. The number of nitrogens with zero attached hydrogens (tertiary/aromatic N) is 2. The summed E-state index contributed by atoms with van der Waals surface area (Å²) in [6.07, 6.45) is 0. The van der Waals surface area contributed by atoms with Gasteiger partial charge in [-0.15, -0.1) is 14.9 Å². The molecule has 0 aliphatic carbocycles. The van der Waals surface area contributed by atoms with Crippen LogP contribution in [0.2, 0.25) is 0 Å². The minimum Gasteiger partial charge on any atom is -0.222 e. The van der Waals surface area contributed by atoms with Crippen LogP contribution in [-0.4, -0.2) is 4.68 Å². The molecule has 0 bridgehead atoms. The third-order valence-corrected chi connectivity index (χ3v) is 3.00. The topological polar surface area (TPSA) is 101 Å². The molecule has 2 rings (SSSR count). The van der Waals surface area contributed by atoms with E-state index in [1.807, 2.05) is 0 Å². The van der Waals surface area contributed by atoms with Crippen LogP contribution in [0, 0.1) is 24.1 Å². The van der Waals surface area contributed by atoms with E-state index in [0.717, 1.165) is 0 Å². The molecule has 0 saturated heterocycles. The predicted octanol–water partition coefficient (Wildman–Crippen LogP) is -2.62. The zero-order chi connectivity index (χ0) is 15.5. The summed E-state index contributed by atoms with van der Waals surface area (Å²) in [6, 6.07) is 10.9. The summed E-state index contributed by atoms with van der Waals surface area (Å²) in [5.41, 5.74) is 5.10. The molecule has 1 aromatic heterocycles. The number of halogens is 1. The van der Waals surface area contributed by atoms with Crippen LogP contribution in [0.5, 0.6) is 0 Å². The molecule has 110 valence electrons. The number of aryl methyl sites for hydroxylation is 2. The van der Waals surface area contributed by atoms with Gasteiger partial charge in [0, 0.05) is 11.6 Å². The van der Waals surface area contributed by atoms with Crippen LogP contribution in [0.25, 0.3) is 11.3 Å². The predicted molar refractivity (Wildman–Crippen MR) is 61.5 cm³/mol. The fourth-order valence-corrected chi connectivity index (χ4v) is 1.78. The molecule has 0 amide bonds. The molecule has 6 nitrogen and oxygen atoms in total. The van der Waals surface area contributed by atoms with Crippen molar-refractivity contribution in [2.75, 3.05) is 0 Å². The fourth-order valence-electron chi connectivity index (χ4n) is 1.78. The molecule has 1 heterocycles. The van der Waals surface area contributed by atoms with Crippen molar-refractivity contribution in [2.45, 2.75) is 13.8 Å². The van der Waals surface area contributed by atoms with Crippen LogP contribution >= 0.6 is 0 Å². The average Bonchev–Trinajstić information content (AvgIpc) is 2.56. The van der Waals surface area contributed by atoms with Crippen molar-refractivity contribution in [1.29, 1.82) is 0 Å². The molecule has 0 N–H and O–H groups in total. The van der Waals surface area contributed by atoms with Crippen molar-refractivity contribution in [1.82, 2.24) is 4.68 Å². The number of aromatic nitrogens is 2. The SMILES string of the molecule is Cc1ccc(-c2cc(C)n(C)[n+]2C)cc1.[O-][Cl+3]([O-])([O-])[O-]. The Hall–Kier alpha value is -1.44. The molecule has 0 aliphatic heterocycles. The van der Waals surface area contributed by atoms with E-state index in [1.165, 1.54) is 22.5 Å². The Kier molecular flexibility index (Phi) is 5.27. The summed E-state index contributed by atoms with van der Waals surface area (Å²) in [5, 5.41) is 0. The number of hydrogen-bond acceptors (Lipinski definition) is 4. The van der Waals surface area contributed by atoms with E-state index < -0.39 is 10.2 Å². The molecule has 0 saturated carbocycles. The van der Waals surface area contributed by atoms with Crippen molar-refractivity contribution < 1.29 is 33.6 Å². The van der Waals surface area contributed by atoms with Gasteiger partial charge in [-0.2, -0.15) is 4.68 Å². The van der Waals surface area contributed by atoms with E-state index in [9.17, 15) is 0 Å². The highest BCUT2D eigenvalue weighted by Gasteiger charge is 2.15. The molecule has 0 radical (unpaired) electrons. The molecule has 7 heteroatoms. The smallest absolute Gasteiger partial charge is 0.222 e. The second-order valence-corrected chi connectivity index (χ2v) is 5.22. The van der Waals surface area contributed by atoms with Gasteiger partial charge in [-0.25, -0.2) is 18.6 Å². The lowest BCUT2D eigenvalue weighted by molar-refractivity contribution is -2.00. The monoisotopic (exact) mass is 300 g/mol. The van der Waals surface area contributed by atoms with Gasteiger partial charge >= 0.3 is 0 Å². The van der Waals surface area contributed by atoms with Gasteiger partial charge in [0.05, 0.1) is 12.7 Å². The molecule has 0 atom stereocenters. The highest BCUT2D eigenvalue weighted by molar-refractivity contribution is 5.56. The first-order valence-corrected chi connectivity index (χ1v) is 7.04. The summed E-state index contributed by atoms with van der Waals surface area (Å²) in [6.45, 7) is 4.23. The van der Waals surface area contributed by atoms with E-state index in [0.29, 0.717) is 0 Å². The van der Waals surface area contributed by atoms with E-state index in [1.54, 1.807) is 0 Å². The van der Waals surface area contributed by atoms with Crippen molar-refractivity contribution in [3.8, 4) is 11.3 Å². The van der Waals surface area contributed by atoms with E-state index in [2.05, 4.69) is 67.6 Å². The van der Waals surface area contributed by atoms with Gasteiger partial charge in [-0.3, -0.25) is 0 Å². The van der Waals surface area contributed by atoms with Crippen molar-refractivity contribution >= 4 is 0 Å². The molecule has 0 aliphatic rings. The minimum atomic E-state index is -4.94.